The van der Waals surface area contributed by atoms with Gasteiger partial charge in [0.1, 0.15) is 0 Å². The van der Waals surface area contributed by atoms with Gasteiger partial charge in [-0.2, -0.15) is 0 Å². The standard InChI is InChI=1S/C20H21Cl2N3O3/c1-2-25(13-18(27)24-20-15(21)9-6-10-16(20)22)19(28)12-23-17(26)11-14-7-4-3-5-8-14/h3-10H,2,11-13H2,1H3,(H,23,26)(H,24,27). The Hall–Kier alpha value is -2.57. The molecule has 0 atom stereocenters. The Bertz CT molecular complexity index is 824. The maximum Gasteiger partial charge on any atom is 0.244 e. The molecule has 0 fully saturated rings. The highest BCUT2D eigenvalue weighted by atomic mass is 35.5. The van der Waals surface area contributed by atoms with Crippen LogP contribution in [0.2, 0.25) is 10.0 Å². The van der Waals surface area contributed by atoms with Gasteiger partial charge in [0.05, 0.1) is 35.2 Å². The van der Waals surface area contributed by atoms with Crippen molar-refractivity contribution in [3.63, 3.8) is 0 Å². The lowest BCUT2D eigenvalue weighted by molar-refractivity contribution is -0.135. The summed E-state index contributed by atoms with van der Waals surface area (Å²) in [6.45, 7) is 1.71. The van der Waals surface area contributed by atoms with Crippen molar-refractivity contribution in [2.24, 2.45) is 0 Å². The van der Waals surface area contributed by atoms with E-state index >= 15 is 0 Å². The van der Waals surface area contributed by atoms with Gasteiger partial charge in [-0.05, 0) is 24.6 Å². The molecule has 0 aliphatic carbocycles. The van der Waals surface area contributed by atoms with Gasteiger partial charge in [-0.1, -0.05) is 59.6 Å². The third-order valence-corrected chi connectivity index (χ3v) is 4.57. The molecule has 2 N–H and O–H groups in total. The number of hydrogen-bond donors (Lipinski definition) is 2. The van der Waals surface area contributed by atoms with E-state index < -0.39 is 5.91 Å². The molecule has 0 radical (unpaired) electrons. The summed E-state index contributed by atoms with van der Waals surface area (Å²) in [7, 11) is 0. The van der Waals surface area contributed by atoms with E-state index in [9.17, 15) is 14.4 Å². The minimum atomic E-state index is -0.430. The first kappa shape index (κ1) is 21.7. The fourth-order valence-corrected chi connectivity index (χ4v) is 2.97. The van der Waals surface area contributed by atoms with Crippen LogP contribution >= 0.6 is 23.2 Å². The quantitative estimate of drug-likeness (QED) is 0.686. The number of likely N-dealkylation sites (N-methyl/N-ethyl adjacent to an activating group) is 1. The van der Waals surface area contributed by atoms with Crippen LogP contribution < -0.4 is 10.6 Å². The molecule has 2 aromatic rings. The largest absolute Gasteiger partial charge is 0.347 e. The number of carbonyl (C=O) groups excluding carboxylic acids is 3. The molecule has 148 valence electrons. The summed E-state index contributed by atoms with van der Waals surface area (Å²) in [6, 6.07) is 14.1. The van der Waals surface area contributed by atoms with E-state index in [0.717, 1.165) is 5.56 Å². The number of carbonyl (C=O) groups is 3. The second-order valence-corrected chi connectivity index (χ2v) is 6.81. The van der Waals surface area contributed by atoms with Crippen LogP contribution in [-0.4, -0.2) is 42.3 Å². The molecular formula is C20H21Cl2N3O3. The Morgan fingerprint density at radius 3 is 2.18 bits per heavy atom. The maximum atomic E-state index is 12.3. The van der Waals surface area contributed by atoms with E-state index in [1.165, 1.54) is 4.90 Å². The summed E-state index contributed by atoms with van der Waals surface area (Å²) in [5, 5.41) is 5.81. The number of hydrogen-bond acceptors (Lipinski definition) is 3. The van der Waals surface area contributed by atoms with Crippen LogP contribution in [0.3, 0.4) is 0 Å². The average molecular weight is 422 g/mol. The number of nitrogens with one attached hydrogen (secondary N) is 2. The maximum absolute atomic E-state index is 12.3. The Morgan fingerprint density at radius 2 is 1.57 bits per heavy atom. The molecule has 6 nitrogen and oxygen atoms in total. The van der Waals surface area contributed by atoms with E-state index in [1.807, 2.05) is 30.3 Å². The molecule has 0 heterocycles. The van der Waals surface area contributed by atoms with Crippen LogP contribution in [0.5, 0.6) is 0 Å². The lowest BCUT2D eigenvalue weighted by Crippen LogP contribution is -2.43. The van der Waals surface area contributed by atoms with Crippen molar-refractivity contribution in [2.45, 2.75) is 13.3 Å². The third kappa shape index (κ3) is 6.55. The summed E-state index contributed by atoms with van der Waals surface area (Å²) in [6.07, 6.45) is 0.186. The third-order valence-electron chi connectivity index (χ3n) is 3.94. The van der Waals surface area contributed by atoms with Gasteiger partial charge in [-0.3, -0.25) is 14.4 Å². The predicted octanol–water partition coefficient (Wildman–Crippen LogP) is 3.14. The highest BCUT2D eigenvalue weighted by Gasteiger charge is 2.18. The minimum absolute atomic E-state index is 0.175. The second-order valence-electron chi connectivity index (χ2n) is 5.99. The van der Waals surface area contributed by atoms with E-state index in [2.05, 4.69) is 10.6 Å². The molecule has 0 saturated heterocycles. The van der Waals surface area contributed by atoms with Crippen molar-refractivity contribution in [1.29, 1.82) is 0 Å². The number of rotatable bonds is 8. The van der Waals surface area contributed by atoms with E-state index in [4.69, 9.17) is 23.2 Å². The molecule has 0 aliphatic rings. The highest BCUT2D eigenvalue weighted by molar-refractivity contribution is 6.39. The zero-order valence-electron chi connectivity index (χ0n) is 15.4. The normalized spacial score (nSPS) is 10.2. The summed E-state index contributed by atoms with van der Waals surface area (Å²) in [4.78, 5) is 37.9. The lowest BCUT2D eigenvalue weighted by Gasteiger charge is -2.21. The van der Waals surface area contributed by atoms with Gasteiger partial charge < -0.3 is 15.5 Å². The van der Waals surface area contributed by atoms with Crippen molar-refractivity contribution in [3.8, 4) is 0 Å². The first-order chi connectivity index (χ1) is 13.4. The van der Waals surface area contributed by atoms with Crippen molar-refractivity contribution in [1.82, 2.24) is 10.2 Å². The van der Waals surface area contributed by atoms with Crippen molar-refractivity contribution < 1.29 is 14.4 Å². The molecule has 28 heavy (non-hydrogen) atoms. The van der Waals surface area contributed by atoms with Crippen LogP contribution in [0.4, 0.5) is 5.69 Å². The molecule has 0 unspecified atom stereocenters. The Morgan fingerprint density at radius 1 is 0.929 bits per heavy atom. The summed E-state index contributed by atoms with van der Waals surface area (Å²) in [5.41, 5.74) is 1.16. The number of nitrogens with zero attached hydrogens (tertiary/aromatic N) is 1. The first-order valence-corrected chi connectivity index (χ1v) is 9.48. The Balaban J connectivity index is 1.85. The van der Waals surface area contributed by atoms with Crippen molar-refractivity contribution in [2.75, 3.05) is 25.0 Å². The van der Waals surface area contributed by atoms with Gasteiger partial charge in [0.2, 0.25) is 17.7 Å². The fraction of sp³-hybridized carbons (Fsp3) is 0.250. The number of amides is 3. The average Bonchev–Trinajstić information content (AvgIpc) is 2.68. The van der Waals surface area contributed by atoms with Crippen LogP contribution in [0, 0.1) is 0 Å². The summed E-state index contributed by atoms with van der Waals surface area (Å²) in [5.74, 6) is -1.05. The van der Waals surface area contributed by atoms with Gasteiger partial charge >= 0.3 is 0 Å². The minimum Gasteiger partial charge on any atom is -0.347 e. The van der Waals surface area contributed by atoms with E-state index in [0.29, 0.717) is 22.3 Å². The molecule has 2 rings (SSSR count). The van der Waals surface area contributed by atoms with E-state index in [-0.39, 0.29) is 31.3 Å². The SMILES string of the molecule is CCN(CC(=O)Nc1c(Cl)cccc1Cl)C(=O)CNC(=O)Cc1ccccc1. The molecular weight excluding hydrogens is 401 g/mol. The van der Waals surface area contributed by atoms with Gasteiger partial charge in [-0.25, -0.2) is 0 Å². The number of benzene rings is 2. The Kier molecular flexibility index (Phi) is 8.29. The monoisotopic (exact) mass is 421 g/mol. The van der Waals surface area contributed by atoms with Gasteiger partial charge in [-0.15, -0.1) is 0 Å². The molecule has 8 heteroatoms. The first-order valence-electron chi connectivity index (χ1n) is 8.73. The summed E-state index contributed by atoms with van der Waals surface area (Å²) < 4.78 is 0. The lowest BCUT2D eigenvalue weighted by atomic mass is 10.1. The van der Waals surface area contributed by atoms with Crippen LogP contribution in [0.15, 0.2) is 48.5 Å². The van der Waals surface area contributed by atoms with Crippen molar-refractivity contribution >= 4 is 46.6 Å². The molecule has 0 saturated carbocycles. The van der Waals surface area contributed by atoms with Crippen LogP contribution in [-0.2, 0) is 20.8 Å². The van der Waals surface area contributed by atoms with Gasteiger partial charge in [0, 0.05) is 6.54 Å². The molecule has 0 bridgehead atoms. The molecule has 0 aliphatic heterocycles. The van der Waals surface area contributed by atoms with Gasteiger partial charge in [0.25, 0.3) is 0 Å². The van der Waals surface area contributed by atoms with Crippen LogP contribution in [0.1, 0.15) is 12.5 Å². The summed E-state index contributed by atoms with van der Waals surface area (Å²) >= 11 is 12.1. The predicted molar refractivity (Wildman–Crippen MR) is 111 cm³/mol. The smallest absolute Gasteiger partial charge is 0.244 e. The number of anilines is 1. The highest BCUT2D eigenvalue weighted by Crippen LogP contribution is 2.29. The Labute approximate surface area is 173 Å². The second kappa shape index (κ2) is 10.7. The fourth-order valence-electron chi connectivity index (χ4n) is 2.48. The van der Waals surface area contributed by atoms with E-state index in [1.54, 1.807) is 25.1 Å². The van der Waals surface area contributed by atoms with Crippen molar-refractivity contribution in [3.05, 3.63) is 64.1 Å². The molecule has 3 amide bonds. The molecule has 0 spiro atoms. The topological polar surface area (TPSA) is 78.5 Å². The molecule has 2 aromatic carbocycles. The molecule has 0 aromatic heterocycles. The van der Waals surface area contributed by atoms with Crippen LogP contribution in [0.25, 0.3) is 0 Å². The number of para-hydroxylation sites is 1. The van der Waals surface area contributed by atoms with Gasteiger partial charge in [0.15, 0.2) is 0 Å². The zero-order chi connectivity index (χ0) is 20.5. The zero-order valence-corrected chi connectivity index (χ0v) is 16.9. The number of halogens is 2.